The Morgan fingerprint density at radius 1 is 1.29 bits per heavy atom. The summed E-state index contributed by atoms with van der Waals surface area (Å²) in [4.78, 5) is 7.96. The van der Waals surface area contributed by atoms with Crippen molar-refractivity contribution >= 4 is 5.71 Å². The third kappa shape index (κ3) is 1.72. The summed E-state index contributed by atoms with van der Waals surface area (Å²) in [6.07, 6.45) is -4.22. The molecule has 1 aliphatic carbocycles. The summed E-state index contributed by atoms with van der Waals surface area (Å²) >= 11 is 0. The van der Waals surface area contributed by atoms with Crippen molar-refractivity contribution in [3.63, 3.8) is 0 Å². The maximum absolute atomic E-state index is 12.5. The molecule has 90 valence electrons. The molecule has 1 aromatic rings. The van der Waals surface area contributed by atoms with Gasteiger partial charge in [0.25, 0.3) is 0 Å². The topological polar surface area (TPSA) is 34.5 Å². The molecule has 6 heteroatoms. The van der Waals surface area contributed by atoms with Crippen LogP contribution in [0.3, 0.4) is 0 Å². The van der Waals surface area contributed by atoms with Crippen LogP contribution >= 0.6 is 0 Å². The third-order valence-corrected chi connectivity index (χ3v) is 2.92. The lowest BCUT2D eigenvalue weighted by molar-refractivity contribution is -0.141. The first-order chi connectivity index (χ1) is 8.05. The number of nitrogens with zero attached hydrogens (tertiary/aromatic N) is 2. The largest absolute Gasteiger partial charge is 0.433 e. The van der Waals surface area contributed by atoms with E-state index in [0.29, 0.717) is 30.8 Å². The van der Waals surface area contributed by atoms with Gasteiger partial charge >= 0.3 is 6.18 Å². The third-order valence-electron chi connectivity index (χ3n) is 2.92. The number of alkyl halides is 3. The van der Waals surface area contributed by atoms with Gasteiger partial charge in [-0.05, 0) is 12.1 Å². The van der Waals surface area contributed by atoms with E-state index in [2.05, 4.69) is 9.98 Å². The molecule has 0 saturated heterocycles. The summed E-state index contributed by atoms with van der Waals surface area (Å²) in [6, 6.07) is 2.44. The standard InChI is InChI=1S/C11H9F3N2O/c12-11(13,14)9-2-1-6-7(16-9)5-8-10(6)15-3-4-17-8/h1-2,8H,3-5H2. The molecule has 0 fully saturated rings. The number of hydrogen-bond acceptors (Lipinski definition) is 3. The predicted molar refractivity (Wildman–Crippen MR) is 54.1 cm³/mol. The molecule has 0 aromatic carbocycles. The first-order valence-corrected chi connectivity index (χ1v) is 5.29. The van der Waals surface area contributed by atoms with Gasteiger partial charge in [0.15, 0.2) is 0 Å². The molecule has 0 bridgehead atoms. The fraction of sp³-hybridized carbons (Fsp3) is 0.455. The Balaban J connectivity index is 2.04. The first-order valence-electron chi connectivity index (χ1n) is 5.29. The molecular formula is C11H9F3N2O. The molecule has 1 aliphatic heterocycles. The van der Waals surface area contributed by atoms with E-state index in [9.17, 15) is 13.2 Å². The Labute approximate surface area is 95.3 Å². The normalized spacial score (nSPS) is 23.0. The molecule has 0 amide bonds. The van der Waals surface area contributed by atoms with Crippen LogP contribution in [0.5, 0.6) is 0 Å². The highest BCUT2D eigenvalue weighted by molar-refractivity contribution is 6.07. The lowest BCUT2D eigenvalue weighted by Crippen LogP contribution is -2.27. The van der Waals surface area contributed by atoms with E-state index >= 15 is 0 Å². The van der Waals surface area contributed by atoms with E-state index < -0.39 is 11.9 Å². The Morgan fingerprint density at radius 2 is 2.12 bits per heavy atom. The number of hydrogen-bond donors (Lipinski definition) is 0. The van der Waals surface area contributed by atoms with Crippen molar-refractivity contribution in [3.05, 3.63) is 29.1 Å². The average Bonchev–Trinajstić information content (AvgIpc) is 2.65. The zero-order valence-corrected chi connectivity index (χ0v) is 8.79. The van der Waals surface area contributed by atoms with Crippen LogP contribution in [-0.2, 0) is 17.3 Å². The monoisotopic (exact) mass is 242 g/mol. The van der Waals surface area contributed by atoms with E-state index in [1.54, 1.807) is 0 Å². The van der Waals surface area contributed by atoms with Crippen LogP contribution in [0.4, 0.5) is 13.2 Å². The SMILES string of the molecule is FC(F)(F)c1ccc2c(n1)CC1OCCN=C21. The quantitative estimate of drug-likeness (QED) is 0.695. The molecule has 0 saturated carbocycles. The molecule has 1 atom stereocenters. The summed E-state index contributed by atoms with van der Waals surface area (Å²) in [6.45, 7) is 1.08. The minimum Gasteiger partial charge on any atom is -0.370 e. The molecule has 3 nitrogen and oxygen atoms in total. The van der Waals surface area contributed by atoms with Gasteiger partial charge in [-0.2, -0.15) is 13.2 Å². The smallest absolute Gasteiger partial charge is 0.370 e. The van der Waals surface area contributed by atoms with Gasteiger partial charge in [-0.25, -0.2) is 4.98 Å². The highest BCUT2D eigenvalue weighted by Gasteiger charge is 2.37. The van der Waals surface area contributed by atoms with Gasteiger partial charge in [0.1, 0.15) is 11.8 Å². The van der Waals surface area contributed by atoms with Crippen molar-refractivity contribution in [1.82, 2.24) is 4.98 Å². The number of halogens is 3. The van der Waals surface area contributed by atoms with Crippen molar-refractivity contribution in [2.24, 2.45) is 4.99 Å². The lowest BCUT2D eigenvalue weighted by atomic mass is 10.1. The summed E-state index contributed by atoms with van der Waals surface area (Å²) in [5.74, 6) is 0. The van der Waals surface area contributed by atoms with Crippen LogP contribution in [0.25, 0.3) is 0 Å². The summed E-state index contributed by atoms with van der Waals surface area (Å²) in [5.41, 5.74) is 1.02. The number of pyridine rings is 1. The van der Waals surface area contributed by atoms with Gasteiger partial charge in [-0.15, -0.1) is 0 Å². The second-order valence-corrected chi connectivity index (χ2v) is 4.02. The average molecular weight is 242 g/mol. The van der Waals surface area contributed by atoms with Crippen molar-refractivity contribution in [3.8, 4) is 0 Å². The predicted octanol–water partition coefficient (Wildman–Crippen LogP) is 1.84. The van der Waals surface area contributed by atoms with E-state index in [-0.39, 0.29) is 6.10 Å². The zero-order valence-electron chi connectivity index (χ0n) is 8.79. The maximum Gasteiger partial charge on any atom is 0.433 e. The van der Waals surface area contributed by atoms with E-state index in [4.69, 9.17) is 4.74 Å². The molecule has 1 unspecified atom stereocenters. The zero-order chi connectivity index (χ0) is 12.0. The van der Waals surface area contributed by atoms with Crippen molar-refractivity contribution in [1.29, 1.82) is 0 Å². The maximum atomic E-state index is 12.5. The summed E-state index contributed by atoms with van der Waals surface area (Å²) in [7, 11) is 0. The van der Waals surface area contributed by atoms with Gasteiger partial charge < -0.3 is 4.74 Å². The Bertz CT molecular complexity index is 496. The van der Waals surface area contributed by atoms with Crippen LogP contribution in [0.15, 0.2) is 17.1 Å². The van der Waals surface area contributed by atoms with Crippen LogP contribution in [0.2, 0.25) is 0 Å². The highest BCUT2D eigenvalue weighted by atomic mass is 19.4. The van der Waals surface area contributed by atoms with E-state index in [1.165, 1.54) is 6.07 Å². The fourth-order valence-electron chi connectivity index (χ4n) is 2.18. The number of rotatable bonds is 0. The fourth-order valence-corrected chi connectivity index (χ4v) is 2.18. The first kappa shape index (κ1) is 10.7. The summed E-state index contributed by atoms with van der Waals surface area (Å²) < 4.78 is 43.0. The van der Waals surface area contributed by atoms with Gasteiger partial charge in [-0.3, -0.25) is 4.99 Å². The summed E-state index contributed by atoms with van der Waals surface area (Å²) in [5, 5.41) is 0. The molecular weight excluding hydrogens is 233 g/mol. The van der Waals surface area contributed by atoms with Gasteiger partial charge in [0.05, 0.1) is 24.6 Å². The molecule has 1 aromatic heterocycles. The van der Waals surface area contributed by atoms with Gasteiger partial charge in [0, 0.05) is 12.0 Å². The Morgan fingerprint density at radius 3 is 2.88 bits per heavy atom. The second-order valence-electron chi connectivity index (χ2n) is 4.02. The van der Waals surface area contributed by atoms with E-state index in [0.717, 1.165) is 11.8 Å². The van der Waals surface area contributed by atoms with Crippen molar-refractivity contribution in [2.75, 3.05) is 13.2 Å². The minimum atomic E-state index is -4.40. The van der Waals surface area contributed by atoms with Crippen LogP contribution in [-0.4, -0.2) is 30.0 Å². The van der Waals surface area contributed by atoms with E-state index in [1.807, 2.05) is 0 Å². The Hall–Kier alpha value is -1.43. The Kier molecular flexibility index (Phi) is 2.22. The second kappa shape index (κ2) is 3.53. The highest BCUT2D eigenvalue weighted by Crippen LogP contribution is 2.31. The molecule has 3 rings (SSSR count). The van der Waals surface area contributed by atoms with Crippen LogP contribution in [0.1, 0.15) is 17.0 Å². The molecule has 2 aliphatic rings. The number of ether oxygens (including phenoxy) is 1. The molecule has 0 spiro atoms. The van der Waals surface area contributed by atoms with Gasteiger partial charge in [0.2, 0.25) is 0 Å². The van der Waals surface area contributed by atoms with Crippen molar-refractivity contribution in [2.45, 2.75) is 18.7 Å². The van der Waals surface area contributed by atoms with Crippen LogP contribution in [0, 0.1) is 0 Å². The number of fused-ring (bicyclic) bond motifs is 3. The molecule has 0 N–H and O–H groups in total. The van der Waals surface area contributed by atoms with Gasteiger partial charge in [-0.1, -0.05) is 0 Å². The lowest BCUT2D eigenvalue weighted by Gasteiger charge is -2.16. The molecule has 2 heterocycles. The number of aromatic nitrogens is 1. The number of aliphatic imine (C=N–C) groups is 1. The molecule has 17 heavy (non-hydrogen) atoms. The molecule has 0 radical (unpaired) electrons. The van der Waals surface area contributed by atoms with Crippen LogP contribution < -0.4 is 0 Å². The van der Waals surface area contributed by atoms with Crippen molar-refractivity contribution < 1.29 is 17.9 Å². The minimum absolute atomic E-state index is 0.213.